The Kier molecular flexibility index (Phi) is 8.00. The van der Waals surface area contributed by atoms with Crippen LogP contribution < -0.4 is 14.2 Å². The predicted molar refractivity (Wildman–Crippen MR) is 101 cm³/mol. The first-order valence-corrected chi connectivity index (χ1v) is 9.30. The molecule has 1 fully saturated rings. The third kappa shape index (κ3) is 5.25. The molecule has 1 aliphatic heterocycles. The summed E-state index contributed by atoms with van der Waals surface area (Å²) < 4.78 is 21.8. The molecule has 0 amide bonds. The quantitative estimate of drug-likeness (QED) is 0.724. The predicted octanol–water partition coefficient (Wildman–Crippen LogP) is 2.85. The van der Waals surface area contributed by atoms with Gasteiger partial charge in [0.15, 0.2) is 11.5 Å². The minimum atomic E-state index is -0.500. The average molecular weight is 367 g/mol. The second kappa shape index (κ2) is 10.00. The van der Waals surface area contributed by atoms with E-state index >= 15 is 0 Å². The lowest BCUT2D eigenvalue weighted by atomic mass is 9.97. The van der Waals surface area contributed by atoms with Crippen LogP contribution in [0.25, 0.3) is 0 Å². The van der Waals surface area contributed by atoms with Gasteiger partial charge in [-0.2, -0.15) is 0 Å². The standard InChI is InChI=1S/C20H33NO5/c1-14-7-6-8-15(2)21(14)11-17(22)13-26-12-16-9-18(23-3)20(25-5)19(10-16)24-4/h9-10,14-15,17,22H,6-8,11-13H2,1-5H3/t14-,15-,17-/m1/s1. The number of methoxy groups -OCH3 is 3. The molecule has 0 saturated carbocycles. The Morgan fingerprint density at radius 3 is 2.12 bits per heavy atom. The van der Waals surface area contributed by atoms with Crippen LogP contribution >= 0.6 is 0 Å². The second-order valence-electron chi connectivity index (χ2n) is 7.03. The molecule has 1 aromatic carbocycles. The van der Waals surface area contributed by atoms with Gasteiger partial charge in [-0.25, -0.2) is 0 Å². The van der Waals surface area contributed by atoms with Crippen LogP contribution in [0, 0.1) is 0 Å². The lowest BCUT2D eigenvalue weighted by molar-refractivity contribution is -0.0135. The zero-order chi connectivity index (χ0) is 19.1. The summed E-state index contributed by atoms with van der Waals surface area (Å²) in [5.41, 5.74) is 0.909. The third-order valence-corrected chi connectivity index (χ3v) is 5.10. The number of piperidine rings is 1. The molecule has 0 bridgehead atoms. The first kappa shape index (κ1) is 20.8. The van der Waals surface area contributed by atoms with Gasteiger partial charge in [-0.3, -0.25) is 4.90 Å². The number of aliphatic hydroxyl groups is 1. The number of rotatable bonds is 9. The SMILES string of the molecule is COc1cc(COC[C@H](O)CN2[C@H](C)CCC[C@H]2C)cc(OC)c1OC. The zero-order valence-corrected chi connectivity index (χ0v) is 16.7. The van der Waals surface area contributed by atoms with Crippen molar-refractivity contribution in [2.75, 3.05) is 34.5 Å². The Balaban J connectivity index is 1.88. The van der Waals surface area contributed by atoms with E-state index in [2.05, 4.69) is 18.7 Å². The van der Waals surface area contributed by atoms with E-state index in [0.29, 0.717) is 49.1 Å². The summed E-state index contributed by atoms with van der Waals surface area (Å²) in [6.07, 6.45) is 3.17. The van der Waals surface area contributed by atoms with Crippen molar-refractivity contribution in [1.82, 2.24) is 4.90 Å². The van der Waals surface area contributed by atoms with Gasteiger partial charge in [-0.05, 0) is 44.4 Å². The van der Waals surface area contributed by atoms with E-state index in [0.717, 1.165) is 5.56 Å². The Morgan fingerprint density at radius 2 is 1.62 bits per heavy atom. The highest BCUT2D eigenvalue weighted by atomic mass is 16.5. The topological polar surface area (TPSA) is 60.4 Å². The first-order chi connectivity index (χ1) is 12.5. The highest BCUT2D eigenvalue weighted by molar-refractivity contribution is 5.53. The third-order valence-electron chi connectivity index (χ3n) is 5.10. The van der Waals surface area contributed by atoms with Gasteiger partial charge in [-0.1, -0.05) is 6.42 Å². The molecule has 1 N–H and O–H groups in total. The number of β-amino-alcohol motifs (C(OH)–C–C–N with tert-alkyl or cyclic N) is 1. The van der Waals surface area contributed by atoms with Crippen LogP contribution in [0.4, 0.5) is 0 Å². The van der Waals surface area contributed by atoms with E-state index in [4.69, 9.17) is 18.9 Å². The van der Waals surface area contributed by atoms with Crippen LogP contribution in [0.2, 0.25) is 0 Å². The fourth-order valence-electron chi connectivity index (χ4n) is 3.66. The van der Waals surface area contributed by atoms with Gasteiger partial charge in [0, 0.05) is 18.6 Å². The summed E-state index contributed by atoms with van der Waals surface area (Å²) >= 11 is 0. The molecule has 2 rings (SSSR count). The molecule has 0 aliphatic carbocycles. The number of ether oxygens (including phenoxy) is 4. The maximum atomic E-state index is 10.4. The molecule has 1 aromatic rings. The molecule has 1 aliphatic rings. The Hall–Kier alpha value is -1.50. The van der Waals surface area contributed by atoms with Crippen molar-refractivity contribution in [1.29, 1.82) is 0 Å². The maximum Gasteiger partial charge on any atom is 0.203 e. The summed E-state index contributed by atoms with van der Waals surface area (Å²) in [4.78, 5) is 2.39. The van der Waals surface area contributed by atoms with Gasteiger partial charge in [-0.15, -0.1) is 0 Å². The number of nitrogens with zero attached hydrogens (tertiary/aromatic N) is 1. The maximum absolute atomic E-state index is 10.4. The fraction of sp³-hybridized carbons (Fsp3) is 0.700. The molecule has 6 heteroatoms. The molecule has 3 atom stereocenters. The van der Waals surface area contributed by atoms with Gasteiger partial charge in [0.25, 0.3) is 0 Å². The van der Waals surface area contributed by atoms with E-state index in [9.17, 15) is 5.11 Å². The number of hydrogen-bond donors (Lipinski definition) is 1. The Labute approximate surface area is 157 Å². The number of hydrogen-bond acceptors (Lipinski definition) is 6. The summed E-state index contributed by atoms with van der Waals surface area (Å²) in [5.74, 6) is 1.76. The molecule has 148 valence electrons. The van der Waals surface area contributed by atoms with Crippen molar-refractivity contribution in [3.8, 4) is 17.2 Å². The molecule has 0 aromatic heterocycles. The molecule has 0 spiro atoms. The normalized spacial score (nSPS) is 22.1. The smallest absolute Gasteiger partial charge is 0.203 e. The van der Waals surface area contributed by atoms with Gasteiger partial charge in [0.1, 0.15) is 0 Å². The molecular weight excluding hydrogens is 334 g/mol. The van der Waals surface area contributed by atoms with E-state index < -0.39 is 6.10 Å². The average Bonchev–Trinajstić information content (AvgIpc) is 2.63. The molecule has 0 radical (unpaired) electrons. The number of benzene rings is 1. The Bertz CT molecular complexity index is 530. The fourth-order valence-corrected chi connectivity index (χ4v) is 3.66. The van der Waals surface area contributed by atoms with Crippen LogP contribution in [0.3, 0.4) is 0 Å². The van der Waals surface area contributed by atoms with Crippen LogP contribution in [0.5, 0.6) is 17.2 Å². The Morgan fingerprint density at radius 1 is 1.04 bits per heavy atom. The van der Waals surface area contributed by atoms with Crippen molar-refractivity contribution in [2.45, 2.75) is 57.9 Å². The number of likely N-dealkylation sites (tertiary alicyclic amines) is 1. The lowest BCUT2D eigenvalue weighted by Gasteiger charge is -2.40. The largest absolute Gasteiger partial charge is 0.493 e. The van der Waals surface area contributed by atoms with Gasteiger partial charge >= 0.3 is 0 Å². The number of aliphatic hydroxyl groups excluding tert-OH is 1. The highest BCUT2D eigenvalue weighted by Crippen LogP contribution is 2.38. The van der Waals surface area contributed by atoms with Crippen molar-refractivity contribution in [2.24, 2.45) is 0 Å². The minimum Gasteiger partial charge on any atom is -0.493 e. The molecule has 1 saturated heterocycles. The van der Waals surface area contributed by atoms with Crippen molar-refractivity contribution >= 4 is 0 Å². The monoisotopic (exact) mass is 367 g/mol. The van der Waals surface area contributed by atoms with Crippen LogP contribution in [-0.4, -0.2) is 62.7 Å². The summed E-state index contributed by atoms with van der Waals surface area (Å²) in [5, 5.41) is 10.4. The molecular formula is C20H33NO5. The van der Waals surface area contributed by atoms with Crippen molar-refractivity contribution in [3.05, 3.63) is 17.7 Å². The van der Waals surface area contributed by atoms with Gasteiger partial charge in [0.2, 0.25) is 5.75 Å². The van der Waals surface area contributed by atoms with Crippen molar-refractivity contribution in [3.63, 3.8) is 0 Å². The highest BCUT2D eigenvalue weighted by Gasteiger charge is 2.26. The second-order valence-corrected chi connectivity index (χ2v) is 7.03. The zero-order valence-electron chi connectivity index (χ0n) is 16.7. The molecule has 6 nitrogen and oxygen atoms in total. The molecule has 1 heterocycles. The van der Waals surface area contributed by atoms with E-state index in [1.807, 2.05) is 12.1 Å². The minimum absolute atomic E-state index is 0.298. The van der Waals surface area contributed by atoms with Crippen LogP contribution in [0.15, 0.2) is 12.1 Å². The van der Waals surface area contributed by atoms with Crippen LogP contribution in [-0.2, 0) is 11.3 Å². The summed E-state index contributed by atoms with van der Waals surface area (Å²) in [6, 6.07) is 4.76. The first-order valence-electron chi connectivity index (χ1n) is 9.30. The van der Waals surface area contributed by atoms with Crippen LogP contribution in [0.1, 0.15) is 38.7 Å². The van der Waals surface area contributed by atoms with E-state index in [-0.39, 0.29) is 0 Å². The lowest BCUT2D eigenvalue weighted by Crippen LogP contribution is -2.48. The van der Waals surface area contributed by atoms with E-state index in [1.165, 1.54) is 19.3 Å². The van der Waals surface area contributed by atoms with E-state index in [1.54, 1.807) is 21.3 Å². The van der Waals surface area contributed by atoms with Gasteiger partial charge in [0.05, 0.1) is 40.6 Å². The molecule has 0 unspecified atom stereocenters. The summed E-state index contributed by atoms with van der Waals surface area (Å²) in [7, 11) is 4.76. The summed E-state index contributed by atoms with van der Waals surface area (Å²) in [6.45, 7) is 5.79. The molecule has 26 heavy (non-hydrogen) atoms. The van der Waals surface area contributed by atoms with Crippen molar-refractivity contribution < 1.29 is 24.1 Å². The van der Waals surface area contributed by atoms with Gasteiger partial charge < -0.3 is 24.1 Å².